The summed E-state index contributed by atoms with van der Waals surface area (Å²) >= 11 is 1.11. The van der Waals surface area contributed by atoms with Crippen molar-refractivity contribution in [2.45, 2.75) is 12.8 Å². The van der Waals surface area contributed by atoms with Crippen molar-refractivity contribution in [2.75, 3.05) is 38.5 Å². The third-order valence-electron chi connectivity index (χ3n) is 4.77. The Morgan fingerprint density at radius 1 is 1.00 bits per heavy atom. The van der Waals surface area contributed by atoms with Gasteiger partial charge in [0.2, 0.25) is 11.7 Å². The molecule has 0 fully saturated rings. The average Bonchev–Trinajstić information content (AvgIpc) is 3.31. The number of nitrogens with one attached hydrogen (secondary N) is 3. The Morgan fingerprint density at radius 2 is 1.78 bits per heavy atom. The van der Waals surface area contributed by atoms with Gasteiger partial charge in [0.1, 0.15) is 5.82 Å². The van der Waals surface area contributed by atoms with E-state index in [9.17, 15) is 18.8 Å². The molecule has 3 N–H and O–H groups in total. The summed E-state index contributed by atoms with van der Waals surface area (Å²) in [6, 6.07) is 7.98. The normalized spacial score (nSPS) is 10.3. The summed E-state index contributed by atoms with van der Waals surface area (Å²) in [5, 5.41) is 9.50. The van der Waals surface area contributed by atoms with Gasteiger partial charge in [0, 0.05) is 18.0 Å². The van der Waals surface area contributed by atoms with Crippen LogP contribution in [0.15, 0.2) is 41.8 Å². The lowest BCUT2D eigenvalue weighted by Gasteiger charge is -2.16. The maximum absolute atomic E-state index is 14.0. The number of nitrogens with zero attached hydrogens (tertiary/aromatic N) is 1. The molecule has 0 saturated heterocycles. The molecular weight excluding hydrogens is 507 g/mol. The van der Waals surface area contributed by atoms with Gasteiger partial charge < -0.3 is 29.6 Å². The molecule has 3 aromatic rings. The number of urea groups is 1. The molecule has 11 nitrogen and oxygen atoms in total. The van der Waals surface area contributed by atoms with Gasteiger partial charge in [-0.2, -0.15) is 0 Å². The van der Waals surface area contributed by atoms with E-state index in [0.717, 1.165) is 17.4 Å². The molecule has 0 bridgehead atoms. The van der Waals surface area contributed by atoms with Gasteiger partial charge in [-0.1, -0.05) is 6.07 Å². The fourth-order valence-corrected chi connectivity index (χ4v) is 3.78. The van der Waals surface area contributed by atoms with Crippen molar-refractivity contribution in [2.24, 2.45) is 0 Å². The monoisotopic (exact) mass is 532 g/mol. The minimum atomic E-state index is -0.698. The summed E-state index contributed by atoms with van der Waals surface area (Å²) in [5.41, 5.74) is 0.486. The fourth-order valence-electron chi connectivity index (χ4n) is 3.07. The number of hydrogen-bond donors (Lipinski definition) is 3. The predicted molar refractivity (Wildman–Crippen MR) is 134 cm³/mol. The highest BCUT2D eigenvalue weighted by atomic mass is 32.1. The van der Waals surface area contributed by atoms with E-state index in [1.165, 1.54) is 33.5 Å². The van der Waals surface area contributed by atoms with Gasteiger partial charge in [0.15, 0.2) is 22.4 Å². The van der Waals surface area contributed by atoms with Crippen LogP contribution in [-0.4, -0.2) is 50.8 Å². The van der Waals surface area contributed by atoms with Gasteiger partial charge in [-0.05, 0) is 24.3 Å². The molecule has 0 aliphatic rings. The van der Waals surface area contributed by atoms with Crippen LogP contribution in [-0.2, 0) is 20.7 Å². The van der Waals surface area contributed by atoms with Crippen LogP contribution in [0.3, 0.4) is 0 Å². The smallest absolute Gasteiger partial charge is 0.325 e. The standard InChI is InChI=1S/C24H25FN4O7S/c1-33-18-5-4-6-19(22(18)35-3)36-17-8-7-14(25)11-16(17)28-23(32)29-24-27-15(13-37-24)12-20(30)26-10-9-21(31)34-2/h4-8,11,13H,9-10,12H2,1-3H3,(H,26,30)(H2,27,28,29,32). The molecule has 0 atom stereocenters. The Bertz CT molecular complexity index is 1270. The lowest BCUT2D eigenvalue weighted by atomic mass is 10.2. The zero-order chi connectivity index (χ0) is 26.8. The first-order chi connectivity index (χ1) is 17.8. The van der Waals surface area contributed by atoms with Crippen molar-refractivity contribution in [1.29, 1.82) is 0 Å². The molecule has 3 rings (SSSR count). The van der Waals surface area contributed by atoms with Crippen molar-refractivity contribution in [3.8, 4) is 23.0 Å². The van der Waals surface area contributed by atoms with Gasteiger partial charge >= 0.3 is 12.0 Å². The van der Waals surface area contributed by atoms with E-state index < -0.39 is 17.8 Å². The maximum Gasteiger partial charge on any atom is 0.325 e. The highest BCUT2D eigenvalue weighted by molar-refractivity contribution is 7.14. The number of para-hydroxylation sites is 1. The van der Waals surface area contributed by atoms with Crippen LogP contribution in [0, 0.1) is 5.82 Å². The summed E-state index contributed by atoms with van der Waals surface area (Å²) < 4.78 is 35.0. The molecule has 196 valence electrons. The Morgan fingerprint density at radius 3 is 2.51 bits per heavy atom. The first-order valence-electron chi connectivity index (χ1n) is 10.9. The van der Waals surface area contributed by atoms with Gasteiger partial charge in [0.05, 0.1) is 45.6 Å². The number of methoxy groups -OCH3 is 3. The summed E-state index contributed by atoms with van der Waals surface area (Å²) in [4.78, 5) is 39.9. The molecule has 0 aliphatic heterocycles. The number of ether oxygens (including phenoxy) is 4. The maximum atomic E-state index is 14.0. The van der Waals surface area contributed by atoms with Crippen LogP contribution in [0.5, 0.6) is 23.0 Å². The van der Waals surface area contributed by atoms with E-state index in [4.69, 9.17) is 14.2 Å². The van der Waals surface area contributed by atoms with Crippen LogP contribution in [0.4, 0.5) is 20.0 Å². The molecule has 3 amide bonds. The number of thiazole rings is 1. The summed E-state index contributed by atoms with van der Waals surface area (Å²) in [6.45, 7) is 0.142. The summed E-state index contributed by atoms with van der Waals surface area (Å²) in [5.74, 6) is -0.131. The zero-order valence-corrected chi connectivity index (χ0v) is 21.1. The molecule has 2 aromatic carbocycles. The number of hydrogen-bond acceptors (Lipinski definition) is 9. The van der Waals surface area contributed by atoms with Crippen molar-refractivity contribution in [3.05, 3.63) is 53.3 Å². The number of amides is 3. The lowest BCUT2D eigenvalue weighted by Crippen LogP contribution is -2.27. The minimum Gasteiger partial charge on any atom is -0.493 e. The number of aromatic nitrogens is 1. The van der Waals surface area contributed by atoms with Crippen LogP contribution in [0.25, 0.3) is 0 Å². The van der Waals surface area contributed by atoms with Gasteiger partial charge in [-0.15, -0.1) is 11.3 Å². The van der Waals surface area contributed by atoms with E-state index in [2.05, 4.69) is 25.7 Å². The van der Waals surface area contributed by atoms with Crippen LogP contribution < -0.4 is 30.2 Å². The number of carbonyl (C=O) groups excluding carboxylic acids is 3. The quantitative estimate of drug-likeness (QED) is 0.316. The van der Waals surface area contributed by atoms with Crippen molar-refractivity contribution < 1.29 is 37.7 Å². The van der Waals surface area contributed by atoms with Crippen molar-refractivity contribution >= 4 is 40.1 Å². The molecular formula is C24H25FN4O7S. The number of halogens is 1. The van der Waals surface area contributed by atoms with Crippen molar-refractivity contribution in [3.63, 3.8) is 0 Å². The third kappa shape index (κ3) is 7.80. The second kappa shape index (κ2) is 13.1. The molecule has 0 aliphatic carbocycles. The first-order valence-corrected chi connectivity index (χ1v) is 11.7. The molecule has 0 saturated carbocycles. The summed E-state index contributed by atoms with van der Waals surface area (Å²) in [6.07, 6.45) is 0.0217. The Balaban J connectivity index is 1.63. The number of rotatable bonds is 11. The van der Waals surface area contributed by atoms with E-state index in [-0.39, 0.29) is 41.9 Å². The average molecular weight is 533 g/mol. The fraction of sp³-hybridized carbons (Fsp3) is 0.250. The highest BCUT2D eigenvalue weighted by Gasteiger charge is 2.16. The predicted octanol–water partition coefficient (Wildman–Crippen LogP) is 3.96. The molecule has 37 heavy (non-hydrogen) atoms. The first kappa shape index (κ1) is 27.2. The molecule has 13 heteroatoms. The Hall–Kier alpha value is -4.39. The van der Waals surface area contributed by atoms with Gasteiger partial charge in [0.25, 0.3) is 0 Å². The largest absolute Gasteiger partial charge is 0.493 e. The Kier molecular flexibility index (Phi) is 9.61. The minimum absolute atomic E-state index is 0.0365. The second-order valence-electron chi connectivity index (χ2n) is 7.31. The number of benzene rings is 2. The zero-order valence-electron chi connectivity index (χ0n) is 20.3. The molecule has 0 spiro atoms. The van der Waals surface area contributed by atoms with Crippen LogP contribution in [0.2, 0.25) is 0 Å². The molecule has 1 heterocycles. The second-order valence-corrected chi connectivity index (χ2v) is 8.17. The van der Waals surface area contributed by atoms with E-state index in [0.29, 0.717) is 22.9 Å². The summed E-state index contributed by atoms with van der Waals surface area (Å²) in [7, 11) is 4.21. The van der Waals surface area contributed by atoms with Gasteiger partial charge in [-0.25, -0.2) is 14.2 Å². The number of esters is 1. The van der Waals surface area contributed by atoms with E-state index in [1.807, 2.05) is 0 Å². The van der Waals surface area contributed by atoms with Crippen LogP contribution in [0.1, 0.15) is 12.1 Å². The topological polar surface area (TPSA) is 137 Å². The molecule has 1 aromatic heterocycles. The van der Waals surface area contributed by atoms with Gasteiger partial charge in [-0.3, -0.25) is 14.9 Å². The van der Waals surface area contributed by atoms with E-state index in [1.54, 1.807) is 23.6 Å². The van der Waals surface area contributed by atoms with Crippen LogP contribution >= 0.6 is 11.3 Å². The van der Waals surface area contributed by atoms with E-state index >= 15 is 0 Å². The SMILES string of the molecule is COC(=O)CCNC(=O)Cc1csc(NC(=O)Nc2cc(F)ccc2Oc2cccc(OC)c2OC)n1. The molecule has 0 radical (unpaired) electrons. The molecule has 0 unspecified atom stereocenters. The highest BCUT2D eigenvalue weighted by Crippen LogP contribution is 2.41. The third-order valence-corrected chi connectivity index (χ3v) is 5.58. The number of anilines is 2. The number of carbonyl (C=O) groups is 3. The Labute approximate surface area is 215 Å². The lowest BCUT2D eigenvalue weighted by molar-refractivity contribution is -0.140. The van der Waals surface area contributed by atoms with Crippen molar-refractivity contribution in [1.82, 2.24) is 10.3 Å².